The monoisotopic (exact) mass is 244 g/mol. The average Bonchev–Trinajstić information content (AvgIpc) is 2.17. The zero-order chi connectivity index (χ0) is 9.68. The van der Waals surface area contributed by atoms with Crippen LogP contribution in [0.1, 0.15) is 5.56 Å². The van der Waals surface area contributed by atoms with Gasteiger partial charge in [0.05, 0.1) is 7.11 Å². The first-order valence-corrected chi connectivity index (χ1v) is 4.96. The summed E-state index contributed by atoms with van der Waals surface area (Å²) in [4.78, 5) is 0. The van der Waals surface area contributed by atoms with E-state index in [4.69, 9.17) is 4.74 Å². The molecule has 0 saturated carbocycles. The van der Waals surface area contributed by atoms with Crippen molar-refractivity contribution < 1.29 is 9.13 Å². The first-order valence-electron chi connectivity index (χ1n) is 3.84. The van der Waals surface area contributed by atoms with Crippen LogP contribution in [-0.4, -0.2) is 12.4 Å². The second kappa shape index (κ2) is 5.02. The van der Waals surface area contributed by atoms with Crippen molar-refractivity contribution >= 4 is 22.0 Å². The number of benzene rings is 1. The van der Waals surface area contributed by atoms with Crippen molar-refractivity contribution in [1.82, 2.24) is 0 Å². The van der Waals surface area contributed by atoms with E-state index >= 15 is 0 Å². The molecule has 1 aromatic carbocycles. The van der Waals surface area contributed by atoms with Crippen LogP contribution in [0.25, 0.3) is 6.08 Å². The zero-order valence-corrected chi connectivity index (χ0v) is 8.84. The zero-order valence-electron chi connectivity index (χ0n) is 7.26. The number of halogens is 2. The van der Waals surface area contributed by atoms with Crippen LogP contribution in [0.2, 0.25) is 0 Å². The fourth-order valence-electron chi connectivity index (χ4n) is 0.948. The fourth-order valence-corrected chi connectivity index (χ4v) is 1.13. The van der Waals surface area contributed by atoms with Crippen LogP contribution in [0.5, 0.6) is 5.75 Å². The third-order valence-electron chi connectivity index (χ3n) is 1.59. The summed E-state index contributed by atoms with van der Waals surface area (Å²) in [5.74, 6) is 0.425. The Kier molecular flexibility index (Phi) is 3.96. The summed E-state index contributed by atoms with van der Waals surface area (Å²) >= 11 is 3.23. The topological polar surface area (TPSA) is 9.23 Å². The minimum Gasteiger partial charge on any atom is -0.497 e. The highest BCUT2D eigenvalue weighted by Crippen LogP contribution is 2.17. The maximum atomic E-state index is 13.1. The molecule has 0 spiro atoms. The minimum absolute atomic E-state index is 0.238. The molecule has 1 aromatic rings. The molecular formula is C10H10BrFO. The Morgan fingerprint density at radius 2 is 2.31 bits per heavy atom. The van der Waals surface area contributed by atoms with Crippen LogP contribution >= 0.6 is 15.9 Å². The largest absolute Gasteiger partial charge is 0.497 e. The molecule has 0 amide bonds. The quantitative estimate of drug-likeness (QED) is 0.743. The molecule has 13 heavy (non-hydrogen) atoms. The van der Waals surface area contributed by atoms with Gasteiger partial charge in [0.1, 0.15) is 11.6 Å². The number of hydrogen-bond acceptors (Lipinski definition) is 1. The summed E-state index contributed by atoms with van der Waals surface area (Å²) in [5, 5.41) is 0.712. The van der Waals surface area contributed by atoms with Gasteiger partial charge >= 0.3 is 0 Å². The van der Waals surface area contributed by atoms with E-state index in [1.165, 1.54) is 6.07 Å². The van der Waals surface area contributed by atoms with Gasteiger partial charge in [0, 0.05) is 10.9 Å². The van der Waals surface area contributed by atoms with Gasteiger partial charge in [0.25, 0.3) is 0 Å². The van der Waals surface area contributed by atoms with Crippen LogP contribution in [0.15, 0.2) is 24.3 Å². The molecule has 0 radical (unpaired) electrons. The third-order valence-corrected chi connectivity index (χ3v) is 1.96. The maximum Gasteiger partial charge on any atom is 0.130 e. The summed E-state index contributed by atoms with van der Waals surface area (Å²) in [6.07, 6.45) is 3.55. The predicted octanol–water partition coefficient (Wildman–Crippen LogP) is 3.24. The van der Waals surface area contributed by atoms with Gasteiger partial charge in [0.15, 0.2) is 0 Å². The van der Waals surface area contributed by atoms with Gasteiger partial charge in [-0.05, 0) is 18.2 Å². The molecule has 0 N–H and O–H groups in total. The highest BCUT2D eigenvalue weighted by molar-refractivity contribution is 9.09. The molecule has 1 rings (SSSR count). The van der Waals surface area contributed by atoms with Gasteiger partial charge in [-0.2, -0.15) is 0 Å². The van der Waals surface area contributed by atoms with Crippen molar-refractivity contribution in [1.29, 1.82) is 0 Å². The molecule has 0 aliphatic heterocycles. The molecule has 0 heterocycles. The van der Waals surface area contributed by atoms with E-state index in [1.807, 2.05) is 6.08 Å². The van der Waals surface area contributed by atoms with E-state index in [-0.39, 0.29) is 5.82 Å². The second-order valence-electron chi connectivity index (χ2n) is 2.44. The lowest BCUT2D eigenvalue weighted by Crippen LogP contribution is -1.86. The van der Waals surface area contributed by atoms with E-state index in [2.05, 4.69) is 15.9 Å². The molecule has 0 aromatic heterocycles. The van der Waals surface area contributed by atoms with E-state index in [0.29, 0.717) is 16.6 Å². The lowest BCUT2D eigenvalue weighted by molar-refractivity contribution is 0.413. The van der Waals surface area contributed by atoms with E-state index in [1.54, 1.807) is 25.3 Å². The molecule has 0 bridgehead atoms. The Bertz CT molecular complexity index is 310. The lowest BCUT2D eigenvalue weighted by Gasteiger charge is -2.01. The van der Waals surface area contributed by atoms with Crippen molar-refractivity contribution in [2.24, 2.45) is 0 Å². The van der Waals surface area contributed by atoms with E-state index in [9.17, 15) is 4.39 Å². The smallest absolute Gasteiger partial charge is 0.130 e. The highest BCUT2D eigenvalue weighted by atomic mass is 79.9. The molecule has 0 fully saturated rings. The van der Waals surface area contributed by atoms with Gasteiger partial charge in [0.2, 0.25) is 0 Å². The molecule has 0 aliphatic rings. The van der Waals surface area contributed by atoms with Crippen LogP contribution in [0, 0.1) is 5.82 Å². The summed E-state index contributed by atoms with van der Waals surface area (Å²) in [5.41, 5.74) is 0.541. The summed E-state index contributed by atoms with van der Waals surface area (Å²) < 4.78 is 18.1. The Hall–Kier alpha value is -0.830. The maximum absolute atomic E-state index is 13.1. The average molecular weight is 245 g/mol. The van der Waals surface area contributed by atoms with Gasteiger partial charge in [-0.1, -0.05) is 28.1 Å². The number of hydrogen-bond donors (Lipinski definition) is 0. The molecular weight excluding hydrogens is 235 g/mol. The predicted molar refractivity (Wildman–Crippen MR) is 55.8 cm³/mol. The molecule has 0 aliphatic carbocycles. The molecule has 0 unspecified atom stereocenters. The Morgan fingerprint density at radius 1 is 1.54 bits per heavy atom. The fraction of sp³-hybridized carbons (Fsp3) is 0.200. The number of alkyl halides is 1. The van der Waals surface area contributed by atoms with Crippen LogP contribution < -0.4 is 4.74 Å². The van der Waals surface area contributed by atoms with Crippen molar-refractivity contribution in [2.45, 2.75) is 0 Å². The summed E-state index contributed by atoms with van der Waals surface area (Å²) in [6.45, 7) is 0. The van der Waals surface area contributed by atoms with E-state index in [0.717, 1.165) is 0 Å². The van der Waals surface area contributed by atoms with Crippen LogP contribution in [0.4, 0.5) is 4.39 Å². The lowest BCUT2D eigenvalue weighted by atomic mass is 10.2. The SMILES string of the molecule is COc1ccc(F)c(/C=C/CBr)c1. The van der Waals surface area contributed by atoms with Crippen LogP contribution in [-0.2, 0) is 0 Å². The molecule has 3 heteroatoms. The highest BCUT2D eigenvalue weighted by Gasteiger charge is 1.99. The van der Waals surface area contributed by atoms with Crippen LogP contribution in [0.3, 0.4) is 0 Å². The van der Waals surface area contributed by atoms with Crippen molar-refractivity contribution in [3.8, 4) is 5.75 Å². The Labute approximate surface area is 85.3 Å². The number of ether oxygens (including phenoxy) is 1. The molecule has 0 atom stereocenters. The standard InChI is InChI=1S/C10H10BrFO/c1-13-9-4-5-10(12)8(7-9)3-2-6-11/h2-5,7H,6H2,1H3/b3-2+. The van der Waals surface area contributed by atoms with Crippen molar-refractivity contribution in [3.63, 3.8) is 0 Å². The van der Waals surface area contributed by atoms with Gasteiger partial charge in [-0.15, -0.1) is 0 Å². The molecule has 1 nitrogen and oxygen atoms in total. The van der Waals surface area contributed by atoms with E-state index < -0.39 is 0 Å². The van der Waals surface area contributed by atoms with Gasteiger partial charge < -0.3 is 4.74 Å². The molecule has 0 saturated heterocycles. The number of allylic oxidation sites excluding steroid dienone is 1. The van der Waals surface area contributed by atoms with Gasteiger partial charge in [-0.25, -0.2) is 4.39 Å². The van der Waals surface area contributed by atoms with Crippen molar-refractivity contribution in [3.05, 3.63) is 35.7 Å². The second-order valence-corrected chi connectivity index (χ2v) is 3.09. The Balaban J connectivity index is 2.97. The summed E-state index contributed by atoms with van der Waals surface area (Å²) in [6, 6.07) is 4.65. The first kappa shape index (κ1) is 10.3. The van der Waals surface area contributed by atoms with Crippen molar-refractivity contribution in [2.75, 3.05) is 12.4 Å². The third kappa shape index (κ3) is 2.84. The number of methoxy groups -OCH3 is 1. The summed E-state index contributed by atoms with van der Waals surface area (Å²) in [7, 11) is 1.56. The first-order chi connectivity index (χ1) is 6.27. The number of rotatable bonds is 3. The normalized spacial score (nSPS) is 10.7. The minimum atomic E-state index is -0.238. The van der Waals surface area contributed by atoms with Gasteiger partial charge in [-0.3, -0.25) is 0 Å². The molecule has 70 valence electrons. The Morgan fingerprint density at radius 3 is 2.92 bits per heavy atom.